The molecule has 0 aliphatic carbocycles. The molecule has 3 rings (SSSR count). The number of likely N-dealkylation sites (N-methyl/N-ethyl adjacent to an activating group) is 1. The Morgan fingerprint density at radius 2 is 1.86 bits per heavy atom. The van der Waals surface area contributed by atoms with Crippen molar-refractivity contribution in [2.45, 2.75) is 34.5 Å². The van der Waals surface area contributed by atoms with Crippen LogP contribution in [0.15, 0.2) is 29.2 Å². The third-order valence-corrected chi connectivity index (χ3v) is 6.35. The van der Waals surface area contributed by atoms with E-state index in [4.69, 9.17) is 34.8 Å². The molecule has 0 spiro atoms. The molecule has 0 bridgehead atoms. The van der Waals surface area contributed by atoms with E-state index in [0.29, 0.717) is 17.3 Å². The van der Waals surface area contributed by atoms with Gasteiger partial charge in [-0.15, -0.1) is 0 Å². The van der Waals surface area contributed by atoms with E-state index in [0.717, 1.165) is 38.7 Å². The molecule has 1 fully saturated rings. The molecule has 1 aromatic heterocycles. The fraction of sp³-hybridized carbons (Fsp3) is 0.500. The van der Waals surface area contributed by atoms with Crippen molar-refractivity contribution in [3.05, 3.63) is 30.1 Å². The summed E-state index contributed by atoms with van der Waals surface area (Å²) in [5.74, 6) is 0.629. The van der Waals surface area contributed by atoms with Gasteiger partial charge in [0.2, 0.25) is 9.74 Å². The normalized spacial score (nSPS) is 18.6. The monoisotopic (exact) mass is 477 g/mol. The molecule has 1 aromatic carbocycles. The highest BCUT2D eigenvalue weighted by atomic mass is 35.6. The number of hydrogen-bond donors (Lipinski definition) is 1. The van der Waals surface area contributed by atoms with Gasteiger partial charge in [-0.2, -0.15) is 9.97 Å². The topological polar surface area (TPSA) is 88.1 Å². The van der Waals surface area contributed by atoms with Crippen LogP contribution in [-0.4, -0.2) is 60.2 Å². The van der Waals surface area contributed by atoms with Gasteiger partial charge in [-0.1, -0.05) is 41.7 Å². The minimum atomic E-state index is -3.30. The van der Waals surface area contributed by atoms with Gasteiger partial charge in [0, 0.05) is 24.4 Å². The summed E-state index contributed by atoms with van der Waals surface area (Å²) in [7, 11) is -3.30. The number of likely N-dealkylation sites (tertiary alicyclic amines) is 1. The molecule has 1 aliphatic rings. The number of piperidine rings is 1. The molecule has 0 amide bonds. The van der Waals surface area contributed by atoms with Gasteiger partial charge in [0.25, 0.3) is 0 Å². The average Bonchev–Trinajstić information content (AvgIpc) is 2.66. The molecule has 0 saturated carbocycles. The minimum absolute atomic E-state index is 0.00495. The molecule has 2 aromatic rings. The van der Waals surface area contributed by atoms with E-state index in [-0.39, 0.29) is 16.8 Å². The number of halogens is 3. The Kier molecular flexibility index (Phi) is 6.90. The van der Waals surface area contributed by atoms with Gasteiger partial charge in [-0.3, -0.25) is 0 Å². The van der Waals surface area contributed by atoms with E-state index in [1.807, 2.05) is 0 Å². The highest BCUT2D eigenvalue weighted by Crippen LogP contribution is 2.37. The van der Waals surface area contributed by atoms with Gasteiger partial charge >= 0.3 is 0 Å². The maximum absolute atomic E-state index is 11.7. The van der Waals surface area contributed by atoms with Crippen molar-refractivity contribution >= 4 is 50.6 Å². The predicted octanol–water partition coefficient (Wildman–Crippen LogP) is 3.67. The zero-order chi connectivity index (χ0) is 21.2. The van der Waals surface area contributed by atoms with Crippen molar-refractivity contribution in [3.8, 4) is 11.4 Å². The van der Waals surface area contributed by atoms with E-state index in [2.05, 4.69) is 32.1 Å². The highest BCUT2D eigenvalue weighted by molar-refractivity contribution is 7.90. The average molecular weight is 479 g/mol. The number of benzene rings is 1. The lowest BCUT2D eigenvalue weighted by molar-refractivity contribution is 0.226. The fourth-order valence-electron chi connectivity index (χ4n) is 3.19. The predicted molar refractivity (Wildman–Crippen MR) is 116 cm³/mol. The SMILES string of the molecule is CCN1CCCC(Nc2nc(-c3ccc(S(C)(=O)=O)cc3)nc(C(Cl)(Cl)Cl)n2)C1. The molecule has 7 nitrogen and oxygen atoms in total. The first-order chi connectivity index (χ1) is 13.6. The van der Waals surface area contributed by atoms with E-state index in [9.17, 15) is 8.42 Å². The van der Waals surface area contributed by atoms with Gasteiger partial charge in [-0.05, 0) is 50.2 Å². The second kappa shape index (κ2) is 8.89. The van der Waals surface area contributed by atoms with Crippen LogP contribution in [0.25, 0.3) is 11.4 Å². The number of aromatic nitrogens is 3. The maximum Gasteiger partial charge on any atom is 0.250 e. The van der Waals surface area contributed by atoms with Crippen molar-refractivity contribution in [2.75, 3.05) is 31.2 Å². The third-order valence-electron chi connectivity index (χ3n) is 4.72. The van der Waals surface area contributed by atoms with Crippen LogP contribution < -0.4 is 5.32 Å². The Morgan fingerprint density at radius 1 is 1.17 bits per heavy atom. The molecule has 1 atom stereocenters. The van der Waals surface area contributed by atoms with Crippen molar-refractivity contribution in [2.24, 2.45) is 0 Å². The molecule has 29 heavy (non-hydrogen) atoms. The summed E-state index contributed by atoms with van der Waals surface area (Å²) in [6.07, 6.45) is 3.22. The van der Waals surface area contributed by atoms with E-state index >= 15 is 0 Å². The second-order valence-corrected chi connectivity index (χ2v) is 11.3. The molecule has 1 unspecified atom stereocenters. The number of sulfone groups is 1. The molecular formula is C18H22Cl3N5O2S. The molecule has 1 aliphatic heterocycles. The Bertz CT molecular complexity index is 964. The number of alkyl halides is 3. The number of anilines is 1. The summed E-state index contributed by atoms with van der Waals surface area (Å²) >= 11 is 18.1. The summed E-state index contributed by atoms with van der Waals surface area (Å²) in [4.78, 5) is 15.6. The van der Waals surface area contributed by atoms with Crippen LogP contribution in [0.1, 0.15) is 25.6 Å². The van der Waals surface area contributed by atoms with Gasteiger partial charge < -0.3 is 10.2 Å². The molecule has 1 saturated heterocycles. The van der Waals surface area contributed by atoms with Crippen LogP contribution in [0.4, 0.5) is 5.95 Å². The van der Waals surface area contributed by atoms with Crippen molar-refractivity contribution < 1.29 is 8.42 Å². The maximum atomic E-state index is 11.7. The van der Waals surface area contributed by atoms with E-state index < -0.39 is 13.6 Å². The first-order valence-corrected chi connectivity index (χ1v) is 12.2. The third kappa shape index (κ3) is 5.92. The van der Waals surface area contributed by atoms with Crippen LogP contribution >= 0.6 is 34.8 Å². The first kappa shape index (κ1) is 22.5. The summed E-state index contributed by atoms with van der Waals surface area (Å²) in [5.41, 5.74) is 0.595. The molecule has 1 N–H and O–H groups in total. The van der Waals surface area contributed by atoms with E-state index in [1.54, 1.807) is 12.1 Å². The van der Waals surface area contributed by atoms with Crippen LogP contribution in [0, 0.1) is 0 Å². The summed E-state index contributed by atoms with van der Waals surface area (Å²) in [6.45, 7) is 5.06. The lowest BCUT2D eigenvalue weighted by atomic mass is 10.1. The summed E-state index contributed by atoms with van der Waals surface area (Å²) < 4.78 is 21.6. The van der Waals surface area contributed by atoms with Crippen molar-refractivity contribution in [1.82, 2.24) is 19.9 Å². The minimum Gasteiger partial charge on any atom is -0.350 e. The number of rotatable bonds is 5. The Morgan fingerprint density at radius 3 is 2.45 bits per heavy atom. The number of hydrogen-bond acceptors (Lipinski definition) is 7. The second-order valence-electron chi connectivity index (χ2n) is 6.98. The van der Waals surface area contributed by atoms with Gasteiger partial charge in [0.15, 0.2) is 21.5 Å². The van der Waals surface area contributed by atoms with Crippen LogP contribution in [0.3, 0.4) is 0 Å². The summed E-state index contributed by atoms with van der Waals surface area (Å²) in [6, 6.07) is 6.41. The molecule has 11 heteroatoms. The zero-order valence-corrected chi connectivity index (χ0v) is 19.2. The van der Waals surface area contributed by atoms with Gasteiger partial charge in [0.05, 0.1) is 4.90 Å². The highest BCUT2D eigenvalue weighted by Gasteiger charge is 2.29. The largest absolute Gasteiger partial charge is 0.350 e. The van der Waals surface area contributed by atoms with Crippen molar-refractivity contribution in [3.63, 3.8) is 0 Å². The lowest BCUT2D eigenvalue weighted by Gasteiger charge is -2.32. The van der Waals surface area contributed by atoms with Gasteiger partial charge in [-0.25, -0.2) is 13.4 Å². The number of nitrogens with zero attached hydrogens (tertiary/aromatic N) is 4. The molecule has 0 radical (unpaired) electrons. The quantitative estimate of drug-likeness (QED) is 0.656. The molecule has 2 heterocycles. The lowest BCUT2D eigenvalue weighted by Crippen LogP contribution is -2.42. The smallest absolute Gasteiger partial charge is 0.250 e. The van der Waals surface area contributed by atoms with Gasteiger partial charge in [0.1, 0.15) is 0 Å². The zero-order valence-electron chi connectivity index (χ0n) is 16.1. The van der Waals surface area contributed by atoms with Crippen LogP contribution in [-0.2, 0) is 13.6 Å². The molecular weight excluding hydrogens is 457 g/mol. The van der Waals surface area contributed by atoms with E-state index in [1.165, 1.54) is 12.1 Å². The Labute approximate surface area is 185 Å². The first-order valence-electron chi connectivity index (χ1n) is 9.19. The van der Waals surface area contributed by atoms with Crippen LogP contribution in [0.5, 0.6) is 0 Å². The standard InChI is InChI=1S/C18H22Cl3N5O2S/c1-3-26-10-4-5-13(11-26)22-17-24-15(23-16(25-17)18(19,20)21)12-6-8-14(9-7-12)29(2,27)28/h6-9,13H,3-5,10-11H2,1-2H3,(H,22,23,24,25). The number of nitrogens with one attached hydrogen (secondary N) is 1. The fourth-order valence-corrected chi connectivity index (χ4v) is 4.07. The summed E-state index contributed by atoms with van der Waals surface area (Å²) in [5, 5.41) is 3.33. The Balaban J connectivity index is 1.94. The van der Waals surface area contributed by atoms with Crippen molar-refractivity contribution in [1.29, 1.82) is 0 Å². The molecule has 158 valence electrons. The Hall–Kier alpha value is -1.19. The van der Waals surface area contributed by atoms with Crippen LogP contribution in [0.2, 0.25) is 0 Å².